The number of rotatable bonds is 7. The van der Waals surface area contributed by atoms with E-state index in [1.54, 1.807) is 0 Å². The zero-order valence-electron chi connectivity index (χ0n) is 33.1. The summed E-state index contributed by atoms with van der Waals surface area (Å²) in [4.78, 5) is 2.34. The van der Waals surface area contributed by atoms with Gasteiger partial charge in [0.25, 0.3) is 0 Å². The molecule has 2 heterocycles. The van der Waals surface area contributed by atoms with Crippen molar-refractivity contribution in [3.63, 3.8) is 0 Å². The third-order valence-electron chi connectivity index (χ3n) is 12.1. The van der Waals surface area contributed by atoms with E-state index in [1.807, 2.05) is 12.1 Å². The quantitative estimate of drug-likeness (QED) is 0.161. The average Bonchev–Trinajstić information content (AvgIpc) is 3.92. The van der Waals surface area contributed by atoms with Crippen LogP contribution >= 0.6 is 0 Å². The van der Waals surface area contributed by atoms with E-state index in [2.05, 4.69) is 217 Å². The number of hydrogen-bond donors (Lipinski definition) is 0. The lowest BCUT2D eigenvalue weighted by molar-refractivity contribution is 0.669. The molecule has 0 saturated heterocycles. The van der Waals surface area contributed by atoms with E-state index in [9.17, 15) is 0 Å². The molecule has 0 aliphatic heterocycles. The largest absolute Gasteiger partial charge is 0.456 e. The minimum Gasteiger partial charge on any atom is -0.456 e. The van der Waals surface area contributed by atoms with Crippen LogP contribution in [0.5, 0.6) is 0 Å². The SMILES string of the molecule is c1ccc(-c2ccc(-c3ccc(N(c4ccc(-c5cccc6oc7ccccc7c56)cc4)c4ccc(-c5cccc6oc7c8ccccc8ccc7c56)cc4)cc3)cc2)cc1. The highest BCUT2D eigenvalue weighted by atomic mass is 16.3. The molecule has 0 radical (unpaired) electrons. The summed E-state index contributed by atoms with van der Waals surface area (Å²) in [6.45, 7) is 0. The van der Waals surface area contributed by atoms with Gasteiger partial charge in [0.05, 0.1) is 0 Å². The van der Waals surface area contributed by atoms with Crippen LogP contribution in [0.2, 0.25) is 0 Å². The molecular formula is C58H37NO2. The molecule has 0 amide bonds. The molecule has 0 aliphatic carbocycles. The standard InChI is InChI=1S/C58H37NO2/c1-2-10-38(11-3-1)39-20-22-40(23-21-39)41-24-31-45(32-25-41)59(46-33-26-43(27-34-46)48-15-8-18-54-56(48)51-14-6-7-17-53(51)60-54)47-35-28-44(29-36-47)49-16-9-19-55-57(49)52-37-30-42-12-4-5-13-50(42)58(52)61-55/h1-37H. The van der Waals surface area contributed by atoms with Crippen molar-refractivity contribution in [3.05, 3.63) is 224 Å². The fourth-order valence-electron chi connectivity index (χ4n) is 9.13. The number of hydrogen-bond acceptors (Lipinski definition) is 3. The van der Waals surface area contributed by atoms with E-state index in [0.717, 1.165) is 88.6 Å². The highest BCUT2D eigenvalue weighted by molar-refractivity contribution is 6.19. The lowest BCUT2D eigenvalue weighted by atomic mass is 9.97. The third-order valence-corrected chi connectivity index (χ3v) is 12.1. The Bertz CT molecular complexity index is 3540. The molecule has 12 aromatic rings. The van der Waals surface area contributed by atoms with Crippen molar-refractivity contribution in [2.75, 3.05) is 4.90 Å². The Morgan fingerprint density at radius 3 is 1.31 bits per heavy atom. The van der Waals surface area contributed by atoms with Crippen molar-refractivity contribution in [1.82, 2.24) is 0 Å². The maximum Gasteiger partial charge on any atom is 0.143 e. The molecule has 286 valence electrons. The molecule has 0 N–H and O–H groups in total. The molecular weight excluding hydrogens is 743 g/mol. The molecule has 0 atom stereocenters. The molecule has 61 heavy (non-hydrogen) atoms. The Labute approximate surface area is 353 Å². The van der Waals surface area contributed by atoms with E-state index in [-0.39, 0.29) is 0 Å². The van der Waals surface area contributed by atoms with Crippen molar-refractivity contribution in [3.8, 4) is 44.5 Å². The first kappa shape index (κ1) is 34.9. The Kier molecular flexibility index (Phi) is 8.17. The topological polar surface area (TPSA) is 29.5 Å². The summed E-state index contributed by atoms with van der Waals surface area (Å²) in [5.74, 6) is 0. The zero-order valence-corrected chi connectivity index (χ0v) is 33.1. The first-order chi connectivity index (χ1) is 30.2. The van der Waals surface area contributed by atoms with Gasteiger partial charge in [-0.15, -0.1) is 0 Å². The van der Waals surface area contributed by atoms with Gasteiger partial charge in [0, 0.05) is 44.0 Å². The van der Waals surface area contributed by atoms with E-state index in [1.165, 1.54) is 27.6 Å². The molecule has 0 fully saturated rings. The molecule has 0 unspecified atom stereocenters. The van der Waals surface area contributed by atoms with E-state index < -0.39 is 0 Å². The minimum atomic E-state index is 0.892. The van der Waals surface area contributed by atoms with Crippen LogP contribution < -0.4 is 4.90 Å². The summed E-state index contributed by atoms with van der Waals surface area (Å²) < 4.78 is 12.8. The second kappa shape index (κ2) is 14.3. The van der Waals surface area contributed by atoms with Gasteiger partial charge < -0.3 is 13.7 Å². The molecule has 0 saturated carbocycles. The molecule has 3 heteroatoms. The number of anilines is 3. The number of para-hydroxylation sites is 1. The number of furan rings is 2. The Morgan fingerprint density at radius 2 is 0.705 bits per heavy atom. The van der Waals surface area contributed by atoms with Crippen molar-refractivity contribution in [2.24, 2.45) is 0 Å². The molecule has 0 bridgehead atoms. The van der Waals surface area contributed by atoms with Crippen molar-refractivity contribution >= 4 is 71.7 Å². The molecule has 0 spiro atoms. The monoisotopic (exact) mass is 779 g/mol. The van der Waals surface area contributed by atoms with Crippen LogP contribution in [0.3, 0.4) is 0 Å². The van der Waals surface area contributed by atoms with Crippen molar-refractivity contribution in [1.29, 1.82) is 0 Å². The second-order valence-corrected chi connectivity index (χ2v) is 15.6. The highest BCUT2D eigenvalue weighted by Crippen LogP contribution is 2.43. The van der Waals surface area contributed by atoms with Gasteiger partial charge in [0.15, 0.2) is 0 Å². The Morgan fingerprint density at radius 1 is 0.262 bits per heavy atom. The predicted molar refractivity (Wildman–Crippen MR) is 255 cm³/mol. The molecule has 12 rings (SSSR count). The van der Waals surface area contributed by atoms with Gasteiger partial charge in [-0.05, 0) is 111 Å². The maximum absolute atomic E-state index is 6.54. The number of benzene rings is 10. The van der Waals surface area contributed by atoms with Gasteiger partial charge in [-0.25, -0.2) is 0 Å². The van der Waals surface area contributed by atoms with Gasteiger partial charge in [-0.2, -0.15) is 0 Å². The van der Waals surface area contributed by atoms with E-state index in [4.69, 9.17) is 8.83 Å². The van der Waals surface area contributed by atoms with Crippen molar-refractivity contribution in [2.45, 2.75) is 0 Å². The highest BCUT2D eigenvalue weighted by Gasteiger charge is 2.18. The fourth-order valence-corrected chi connectivity index (χ4v) is 9.13. The lowest BCUT2D eigenvalue weighted by Gasteiger charge is -2.26. The van der Waals surface area contributed by atoms with Crippen LogP contribution in [0.15, 0.2) is 233 Å². The van der Waals surface area contributed by atoms with Crippen LogP contribution in [0.1, 0.15) is 0 Å². The van der Waals surface area contributed by atoms with Crippen LogP contribution in [0, 0.1) is 0 Å². The maximum atomic E-state index is 6.54. The molecule has 2 aromatic heterocycles. The summed E-state index contributed by atoms with van der Waals surface area (Å²) in [6, 6.07) is 79.9. The van der Waals surface area contributed by atoms with E-state index in [0.29, 0.717) is 0 Å². The van der Waals surface area contributed by atoms with Crippen molar-refractivity contribution < 1.29 is 8.83 Å². The third kappa shape index (κ3) is 5.98. The molecule has 10 aromatic carbocycles. The first-order valence-electron chi connectivity index (χ1n) is 20.7. The molecule has 0 aliphatic rings. The Hall–Kier alpha value is -8.14. The molecule has 3 nitrogen and oxygen atoms in total. The van der Waals surface area contributed by atoms with Crippen LogP contribution in [0.4, 0.5) is 17.1 Å². The summed E-state index contributed by atoms with van der Waals surface area (Å²) in [7, 11) is 0. The van der Waals surface area contributed by atoms with Gasteiger partial charge in [-0.1, -0.05) is 164 Å². The smallest absolute Gasteiger partial charge is 0.143 e. The summed E-state index contributed by atoms with van der Waals surface area (Å²) in [6.07, 6.45) is 0. The summed E-state index contributed by atoms with van der Waals surface area (Å²) >= 11 is 0. The van der Waals surface area contributed by atoms with Gasteiger partial charge in [0.2, 0.25) is 0 Å². The fraction of sp³-hybridized carbons (Fsp3) is 0. The van der Waals surface area contributed by atoms with Crippen LogP contribution in [0.25, 0.3) is 99.2 Å². The predicted octanol–water partition coefficient (Wildman–Crippen LogP) is 16.8. The summed E-state index contributed by atoms with van der Waals surface area (Å²) in [5.41, 5.74) is 16.2. The zero-order chi connectivity index (χ0) is 40.3. The van der Waals surface area contributed by atoms with E-state index >= 15 is 0 Å². The first-order valence-corrected chi connectivity index (χ1v) is 20.7. The van der Waals surface area contributed by atoms with Gasteiger partial charge in [0.1, 0.15) is 22.3 Å². The second-order valence-electron chi connectivity index (χ2n) is 15.6. The van der Waals surface area contributed by atoms with Crippen LogP contribution in [-0.4, -0.2) is 0 Å². The minimum absolute atomic E-state index is 0.892. The normalized spacial score (nSPS) is 11.6. The number of fused-ring (bicyclic) bond motifs is 8. The average molecular weight is 780 g/mol. The lowest BCUT2D eigenvalue weighted by Crippen LogP contribution is -2.09. The Balaban J connectivity index is 0.937. The van der Waals surface area contributed by atoms with Crippen LogP contribution in [-0.2, 0) is 0 Å². The summed E-state index contributed by atoms with van der Waals surface area (Å²) in [5, 5.41) is 6.83. The van der Waals surface area contributed by atoms with Gasteiger partial charge in [-0.3, -0.25) is 0 Å². The van der Waals surface area contributed by atoms with Gasteiger partial charge >= 0.3 is 0 Å². The number of nitrogens with zero attached hydrogens (tertiary/aromatic N) is 1.